The van der Waals surface area contributed by atoms with Gasteiger partial charge in [0.25, 0.3) is 5.56 Å². The summed E-state index contributed by atoms with van der Waals surface area (Å²) in [6, 6.07) is 0. The van der Waals surface area contributed by atoms with Gasteiger partial charge < -0.3 is 14.6 Å². The van der Waals surface area contributed by atoms with Crippen molar-refractivity contribution in [1.29, 1.82) is 0 Å². The van der Waals surface area contributed by atoms with E-state index in [2.05, 4.69) is 24.8 Å². The summed E-state index contributed by atoms with van der Waals surface area (Å²) in [5.74, 6) is 1.15. The summed E-state index contributed by atoms with van der Waals surface area (Å²) < 4.78 is 5.37. The largest absolute Gasteiger partial charge is 0.381 e. The number of piperidine rings is 1. The summed E-state index contributed by atoms with van der Waals surface area (Å²) >= 11 is 5.96. The van der Waals surface area contributed by atoms with Gasteiger partial charge >= 0.3 is 0 Å². The van der Waals surface area contributed by atoms with Crippen molar-refractivity contribution in [2.24, 2.45) is 0 Å². The number of hydrogen-bond acceptors (Lipinski definition) is 6. The Morgan fingerprint density at radius 1 is 1.24 bits per heavy atom. The van der Waals surface area contributed by atoms with Crippen molar-refractivity contribution in [3.05, 3.63) is 21.5 Å². The fraction of sp³-hybridized carbons (Fsp3) is 0.538. The van der Waals surface area contributed by atoms with Gasteiger partial charge in [-0.15, -0.1) is 0 Å². The number of nitrogens with one attached hydrogen (secondary N) is 1. The maximum Gasteiger partial charge on any atom is 0.277 e. The van der Waals surface area contributed by atoms with Gasteiger partial charge in [0.2, 0.25) is 5.28 Å². The minimum atomic E-state index is -0.296. The van der Waals surface area contributed by atoms with Crippen LogP contribution in [0.3, 0.4) is 0 Å². The number of hydrogen-bond donors (Lipinski definition) is 1. The van der Waals surface area contributed by atoms with Crippen LogP contribution in [0.25, 0.3) is 11.0 Å². The highest BCUT2D eigenvalue weighted by Crippen LogP contribution is 2.25. The Kier molecular flexibility index (Phi) is 3.77. The average molecular weight is 310 g/mol. The molecule has 3 heterocycles. The first-order valence-corrected chi connectivity index (χ1v) is 7.18. The predicted octanol–water partition coefficient (Wildman–Crippen LogP) is 1.29. The van der Waals surface area contributed by atoms with E-state index in [9.17, 15) is 4.79 Å². The molecule has 2 aromatic rings. The number of aromatic nitrogens is 4. The number of rotatable bonds is 2. The summed E-state index contributed by atoms with van der Waals surface area (Å²) in [6.45, 7) is 3.30. The number of nitrogens with zero attached hydrogens (tertiary/aromatic N) is 4. The standard InChI is InChI=1S/C13H16ClN5O2/c1-7-15-9-10(12(20)16-7)17-13(14)18-11(9)19-5-3-8(21-2)4-6-19/h8H,3-6H2,1-2H3,(H,15,16,20). The van der Waals surface area contributed by atoms with Gasteiger partial charge in [-0.05, 0) is 31.4 Å². The normalized spacial score (nSPS) is 16.6. The molecule has 0 bridgehead atoms. The van der Waals surface area contributed by atoms with E-state index in [0.717, 1.165) is 25.9 Å². The van der Waals surface area contributed by atoms with Gasteiger partial charge in [0, 0.05) is 20.2 Å². The number of H-pyrrole nitrogens is 1. The van der Waals surface area contributed by atoms with Crippen LogP contribution >= 0.6 is 11.6 Å². The fourth-order valence-electron chi connectivity index (χ4n) is 2.62. The Balaban J connectivity index is 2.08. The third-order valence-electron chi connectivity index (χ3n) is 3.70. The third-order valence-corrected chi connectivity index (χ3v) is 3.87. The van der Waals surface area contributed by atoms with E-state index in [1.807, 2.05) is 0 Å². The summed E-state index contributed by atoms with van der Waals surface area (Å²) in [7, 11) is 1.72. The molecule has 1 aliphatic heterocycles. The fourth-order valence-corrected chi connectivity index (χ4v) is 2.79. The molecular weight excluding hydrogens is 294 g/mol. The molecule has 2 aromatic heterocycles. The molecule has 1 N–H and O–H groups in total. The van der Waals surface area contributed by atoms with Gasteiger partial charge in [-0.25, -0.2) is 9.97 Å². The monoisotopic (exact) mass is 309 g/mol. The highest BCUT2D eigenvalue weighted by molar-refractivity contribution is 6.28. The van der Waals surface area contributed by atoms with E-state index in [1.165, 1.54) is 0 Å². The number of ether oxygens (including phenoxy) is 1. The van der Waals surface area contributed by atoms with Crippen molar-refractivity contribution in [1.82, 2.24) is 19.9 Å². The molecule has 1 fully saturated rings. The van der Waals surface area contributed by atoms with Crippen LogP contribution in [0.5, 0.6) is 0 Å². The maximum absolute atomic E-state index is 12.0. The second-order valence-corrected chi connectivity index (χ2v) is 5.42. The van der Waals surface area contributed by atoms with E-state index in [4.69, 9.17) is 16.3 Å². The molecule has 0 saturated carbocycles. The van der Waals surface area contributed by atoms with Crippen molar-refractivity contribution < 1.29 is 4.74 Å². The van der Waals surface area contributed by atoms with Gasteiger partial charge in [-0.3, -0.25) is 4.79 Å². The lowest BCUT2D eigenvalue weighted by atomic mass is 10.1. The highest BCUT2D eigenvalue weighted by atomic mass is 35.5. The molecule has 1 saturated heterocycles. The van der Waals surface area contributed by atoms with Crippen LogP contribution in [-0.4, -0.2) is 46.2 Å². The zero-order valence-electron chi connectivity index (χ0n) is 11.9. The Morgan fingerprint density at radius 2 is 1.95 bits per heavy atom. The minimum Gasteiger partial charge on any atom is -0.381 e. The SMILES string of the molecule is COC1CCN(c2nc(Cl)nc3c(=O)[nH]c(C)nc23)CC1. The number of aromatic amines is 1. The first kappa shape index (κ1) is 14.2. The predicted molar refractivity (Wildman–Crippen MR) is 79.9 cm³/mol. The molecule has 1 aliphatic rings. The van der Waals surface area contributed by atoms with Crippen LogP contribution < -0.4 is 10.5 Å². The molecule has 0 aliphatic carbocycles. The summed E-state index contributed by atoms with van der Waals surface area (Å²) in [4.78, 5) is 29.4. The van der Waals surface area contributed by atoms with Gasteiger partial charge in [0.1, 0.15) is 11.3 Å². The molecule has 112 valence electrons. The molecule has 0 atom stereocenters. The lowest BCUT2D eigenvalue weighted by molar-refractivity contribution is 0.0818. The third kappa shape index (κ3) is 2.71. The van der Waals surface area contributed by atoms with Gasteiger partial charge in [0.15, 0.2) is 11.3 Å². The Hall–Kier alpha value is -1.73. The Bertz CT molecular complexity index is 724. The molecule has 0 unspecified atom stereocenters. The van der Waals surface area contributed by atoms with Crippen molar-refractivity contribution in [2.75, 3.05) is 25.1 Å². The van der Waals surface area contributed by atoms with Gasteiger partial charge in [-0.2, -0.15) is 4.98 Å². The van der Waals surface area contributed by atoms with Crippen molar-refractivity contribution in [3.8, 4) is 0 Å². The lowest BCUT2D eigenvalue weighted by Gasteiger charge is -2.32. The summed E-state index contributed by atoms with van der Waals surface area (Å²) in [5, 5.41) is 0.0579. The molecule has 8 heteroatoms. The minimum absolute atomic E-state index is 0.0579. The van der Waals surface area contributed by atoms with E-state index < -0.39 is 0 Å². The van der Waals surface area contributed by atoms with Crippen LogP contribution in [0, 0.1) is 6.92 Å². The maximum atomic E-state index is 12.0. The second kappa shape index (κ2) is 5.57. The summed E-state index contributed by atoms with van der Waals surface area (Å²) in [5.41, 5.74) is 0.427. The highest BCUT2D eigenvalue weighted by Gasteiger charge is 2.23. The van der Waals surface area contributed by atoms with Crippen molar-refractivity contribution >= 4 is 28.5 Å². The molecule has 0 spiro atoms. The Morgan fingerprint density at radius 3 is 2.62 bits per heavy atom. The molecular formula is C13H16ClN5O2. The van der Waals surface area contributed by atoms with Crippen LogP contribution in [0.2, 0.25) is 5.28 Å². The van der Waals surface area contributed by atoms with E-state index in [1.54, 1.807) is 14.0 Å². The second-order valence-electron chi connectivity index (χ2n) is 5.09. The van der Waals surface area contributed by atoms with Gasteiger partial charge in [-0.1, -0.05) is 0 Å². The summed E-state index contributed by atoms with van der Waals surface area (Å²) in [6.07, 6.45) is 2.08. The topological polar surface area (TPSA) is 84.0 Å². The molecule has 7 nitrogen and oxygen atoms in total. The first-order chi connectivity index (χ1) is 10.1. The number of aryl methyl sites for hydroxylation is 1. The molecule has 0 radical (unpaired) electrons. The van der Waals surface area contributed by atoms with E-state index in [-0.39, 0.29) is 22.5 Å². The molecule has 0 aromatic carbocycles. The zero-order chi connectivity index (χ0) is 15.0. The van der Waals surface area contributed by atoms with Crippen LogP contribution in [0.1, 0.15) is 18.7 Å². The number of methoxy groups -OCH3 is 1. The van der Waals surface area contributed by atoms with Crippen molar-refractivity contribution in [2.45, 2.75) is 25.9 Å². The molecule has 0 amide bonds. The average Bonchev–Trinajstić information content (AvgIpc) is 2.47. The molecule has 21 heavy (non-hydrogen) atoms. The lowest BCUT2D eigenvalue weighted by Crippen LogP contribution is -2.37. The van der Waals surface area contributed by atoms with Crippen LogP contribution in [-0.2, 0) is 4.74 Å². The zero-order valence-corrected chi connectivity index (χ0v) is 12.6. The number of halogens is 1. The number of fused-ring (bicyclic) bond motifs is 1. The van der Waals surface area contributed by atoms with Crippen LogP contribution in [0.4, 0.5) is 5.82 Å². The first-order valence-electron chi connectivity index (χ1n) is 6.80. The van der Waals surface area contributed by atoms with Gasteiger partial charge in [0.05, 0.1) is 6.10 Å². The van der Waals surface area contributed by atoms with E-state index >= 15 is 0 Å². The number of anilines is 1. The molecule has 3 rings (SSSR count). The smallest absolute Gasteiger partial charge is 0.277 e. The quantitative estimate of drug-likeness (QED) is 0.842. The van der Waals surface area contributed by atoms with E-state index in [0.29, 0.717) is 17.2 Å². The van der Waals surface area contributed by atoms with Crippen LogP contribution in [0.15, 0.2) is 4.79 Å². The van der Waals surface area contributed by atoms with Crippen molar-refractivity contribution in [3.63, 3.8) is 0 Å². The Labute approximate surface area is 126 Å².